The number of aliphatic hydroxyl groups excluding tert-OH is 3. The molecule has 25 heteroatoms. The van der Waals surface area contributed by atoms with Crippen LogP contribution in [0.4, 0.5) is 0 Å². The SMILES string of the molecule is CCCCCCC[C@H](O)CC(=O)N[C@@H](CC(C)C)C(=O)N[C@H](CCC(=O)O)C(=O)N[C@@H]1C(=O)N[C@H](C(C)C)C(=O)N[C@@H](CC(C)C)C(=O)N[C@H](CO)C(=O)N[C@@H](CC(C)C)C(=O)N[C@H](CO)C(=O)N[C@@H]([C@H](C)CC)C(=O)O[C@H]1C. The molecule has 1 rings (SSSR count). The molecule has 0 aromatic carbocycles. The van der Waals surface area contributed by atoms with Gasteiger partial charge in [0.25, 0.3) is 0 Å². The number of carbonyl (C=O) groups is 11. The molecule has 9 amide bonds. The molecule has 1 heterocycles. The molecule has 452 valence electrons. The number of cyclic esters (lactones) is 1. The smallest absolute Gasteiger partial charge is 0.329 e. The van der Waals surface area contributed by atoms with Crippen LogP contribution in [0.15, 0.2) is 0 Å². The Balaban J connectivity index is 3.99. The van der Waals surface area contributed by atoms with Crippen molar-refractivity contribution < 1.29 is 77.9 Å². The molecule has 0 aromatic heterocycles. The zero-order chi connectivity index (χ0) is 60.3. The van der Waals surface area contributed by atoms with Crippen LogP contribution in [-0.4, -0.2) is 165 Å². The van der Waals surface area contributed by atoms with Crippen molar-refractivity contribution in [3.63, 3.8) is 0 Å². The van der Waals surface area contributed by atoms with Crippen molar-refractivity contribution in [2.75, 3.05) is 13.2 Å². The Morgan fingerprint density at radius 2 is 1.08 bits per heavy atom. The highest BCUT2D eigenvalue weighted by Crippen LogP contribution is 2.17. The minimum Gasteiger partial charge on any atom is -0.481 e. The number of carboxylic acid groups (broad SMARTS) is 1. The molecule has 0 saturated carbocycles. The average Bonchev–Trinajstić information content (AvgIpc) is 3.36. The number of nitrogens with one attached hydrogen (secondary N) is 9. The molecule has 79 heavy (non-hydrogen) atoms. The molecule has 25 nitrogen and oxygen atoms in total. The van der Waals surface area contributed by atoms with Gasteiger partial charge in [0.1, 0.15) is 60.5 Å². The largest absolute Gasteiger partial charge is 0.481 e. The van der Waals surface area contributed by atoms with E-state index in [0.29, 0.717) is 12.8 Å². The third-order valence-electron chi connectivity index (χ3n) is 13.4. The maximum Gasteiger partial charge on any atom is 0.329 e. The minimum atomic E-state index is -1.95. The highest BCUT2D eigenvalue weighted by Gasteiger charge is 2.40. The van der Waals surface area contributed by atoms with Crippen LogP contribution in [0.25, 0.3) is 0 Å². The Labute approximate surface area is 465 Å². The van der Waals surface area contributed by atoms with E-state index in [4.69, 9.17) is 4.74 Å². The summed E-state index contributed by atoms with van der Waals surface area (Å²) < 4.78 is 5.82. The molecule has 0 aliphatic carbocycles. The summed E-state index contributed by atoms with van der Waals surface area (Å²) in [5.74, 6) is -13.4. The zero-order valence-electron chi connectivity index (χ0n) is 48.5. The molecule has 0 bridgehead atoms. The maximum atomic E-state index is 14.7. The lowest BCUT2D eigenvalue weighted by Crippen LogP contribution is -2.64. The third kappa shape index (κ3) is 26.3. The van der Waals surface area contributed by atoms with E-state index in [-0.39, 0.29) is 49.9 Å². The van der Waals surface area contributed by atoms with Gasteiger partial charge in [-0.15, -0.1) is 0 Å². The van der Waals surface area contributed by atoms with Crippen LogP contribution in [0.5, 0.6) is 0 Å². The Morgan fingerprint density at radius 3 is 1.56 bits per heavy atom. The van der Waals surface area contributed by atoms with E-state index >= 15 is 0 Å². The van der Waals surface area contributed by atoms with Gasteiger partial charge in [0.15, 0.2) is 0 Å². The first-order chi connectivity index (χ1) is 37.0. The fourth-order valence-electron chi connectivity index (χ4n) is 8.61. The number of aliphatic hydroxyl groups is 3. The summed E-state index contributed by atoms with van der Waals surface area (Å²) in [4.78, 5) is 152. The second kappa shape index (κ2) is 36.3. The van der Waals surface area contributed by atoms with E-state index in [1.807, 2.05) is 0 Å². The summed E-state index contributed by atoms with van der Waals surface area (Å²) in [6.07, 6.45) is 1.05. The number of carbonyl (C=O) groups excluding carboxylic acids is 10. The molecule has 12 atom stereocenters. The summed E-state index contributed by atoms with van der Waals surface area (Å²) in [6, 6.07) is -14.1. The molecule has 13 N–H and O–H groups in total. The molecule has 1 aliphatic heterocycles. The highest BCUT2D eigenvalue weighted by molar-refractivity contribution is 5.99. The van der Waals surface area contributed by atoms with Crippen LogP contribution in [0, 0.1) is 29.6 Å². The van der Waals surface area contributed by atoms with Crippen LogP contribution in [-0.2, 0) is 57.5 Å². The minimum absolute atomic E-state index is 0.0100. The van der Waals surface area contributed by atoms with E-state index in [2.05, 4.69) is 54.8 Å². The average molecular weight is 1130 g/mol. The number of esters is 1. The molecule has 1 saturated heterocycles. The topological polar surface area (TPSA) is 386 Å². The first-order valence-electron chi connectivity index (χ1n) is 28.0. The van der Waals surface area contributed by atoms with Crippen LogP contribution in [0.2, 0.25) is 0 Å². The highest BCUT2D eigenvalue weighted by atomic mass is 16.5. The normalized spacial score (nSPS) is 24.0. The van der Waals surface area contributed by atoms with E-state index in [0.717, 1.165) is 25.7 Å². The predicted molar refractivity (Wildman–Crippen MR) is 291 cm³/mol. The van der Waals surface area contributed by atoms with Crippen molar-refractivity contribution in [1.29, 1.82) is 0 Å². The van der Waals surface area contributed by atoms with Crippen molar-refractivity contribution in [2.45, 2.75) is 233 Å². The van der Waals surface area contributed by atoms with Gasteiger partial charge in [-0.2, -0.15) is 0 Å². The van der Waals surface area contributed by atoms with Gasteiger partial charge in [-0.3, -0.25) is 47.9 Å². The standard InChI is InChI=1S/C54H95N9O16/c1-13-15-16-17-18-19-34(66)25-41(67)55-36(22-28(3)4)47(71)56-35(20-21-42(68)69)46(70)63-45-33(12)79-54(78)44(32(11)14-2)62-51(75)40(27-65)60-48(72)37(23-29(5)6)57-50(74)39(26-64)59-49(73)38(24-30(7)8)58-52(76)43(31(9)10)61-53(45)77/h28-40,43-45,64-66H,13-27H2,1-12H3,(H,55,67)(H,56,71)(H,57,74)(H,58,76)(H,59,73)(H,60,72)(H,61,77)(H,62,75)(H,63,70)(H,68,69)/t32-,33+,34+,35-,36+,37+,38+,39-,40-,43-,44+,45+/m1/s1. The van der Waals surface area contributed by atoms with Gasteiger partial charge >= 0.3 is 11.9 Å². The molecule has 0 aromatic rings. The van der Waals surface area contributed by atoms with E-state index in [1.165, 1.54) is 6.92 Å². The van der Waals surface area contributed by atoms with Crippen LogP contribution in [0.3, 0.4) is 0 Å². The lowest BCUT2D eigenvalue weighted by Gasteiger charge is -2.32. The first-order valence-corrected chi connectivity index (χ1v) is 28.0. The number of rotatable bonds is 27. The number of hydrogen-bond donors (Lipinski definition) is 13. The van der Waals surface area contributed by atoms with Crippen molar-refractivity contribution in [3.05, 3.63) is 0 Å². The van der Waals surface area contributed by atoms with Crippen molar-refractivity contribution >= 4 is 65.1 Å². The van der Waals surface area contributed by atoms with Crippen molar-refractivity contribution in [3.8, 4) is 0 Å². The Kier molecular flexibility index (Phi) is 32.7. The molecule has 1 aliphatic rings. The monoisotopic (exact) mass is 1130 g/mol. The third-order valence-corrected chi connectivity index (χ3v) is 13.4. The number of unbranched alkanes of at least 4 members (excludes halogenated alkanes) is 4. The van der Waals surface area contributed by atoms with Gasteiger partial charge < -0.3 is 73.0 Å². The Bertz CT molecular complexity index is 2020. The summed E-state index contributed by atoms with van der Waals surface area (Å²) in [5, 5.41) is 63.5. The van der Waals surface area contributed by atoms with Crippen LogP contribution >= 0.6 is 0 Å². The number of amides is 9. The van der Waals surface area contributed by atoms with Crippen LogP contribution in [0.1, 0.15) is 167 Å². The van der Waals surface area contributed by atoms with Gasteiger partial charge in [0, 0.05) is 6.42 Å². The molecule has 1 fully saturated rings. The summed E-state index contributed by atoms with van der Waals surface area (Å²) in [6.45, 7) is 18.2. The fraction of sp³-hybridized carbons (Fsp3) is 0.796. The Morgan fingerprint density at radius 1 is 0.582 bits per heavy atom. The number of carboxylic acids is 1. The van der Waals surface area contributed by atoms with Crippen molar-refractivity contribution in [2.24, 2.45) is 29.6 Å². The predicted octanol–water partition coefficient (Wildman–Crippen LogP) is 0.0962. The quantitative estimate of drug-likeness (QED) is 0.0383. The lowest BCUT2D eigenvalue weighted by atomic mass is 9.98. The Hall–Kier alpha value is -5.95. The molecular formula is C54H95N9O16. The van der Waals surface area contributed by atoms with E-state index in [1.54, 1.807) is 69.2 Å². The maximum absolute atomic E-state index is 14.7. The second-order valence-corrected chi connectivity index (χ2v) is 22.4. The zero-order valence-corrected chi connectivity index (χ0v) is 48.5. The molecular weight excluding hydrogens is 1030 g/mol. The summed E-state index contributed by atoms with van der Waals surface area (Å²) in [7, 11) is 0. The number of aliphatic carboxylic acids is 1. The van der Waals surface area contributed by atoms with Gasteiger partial charge in [0.2, 0.25) is 53.2 Å². The second-order valence-electron chi connectivity index (χ2n) is 22.4. The van der Waals surface area contributed by atoms with E-state index < -0.39 is 170 Å². The van der Waals surface area contributed by atoms with Gasteiger partial charge in [-0.25, -0.2) is 4.79 Å². The fourth-order valence-corrected chi connectivity index (χ4v) is 8.61. The molecule has 0 unspecified atom stereocenters. The summed E-state index contributed by atoms with van der Waals surface area (Å²) in [5.41, 5.74) is 0. The van der Waals surface area contributed by atoms with Crippen LogP contribution < -0.4 is 47.9 Å². The molecule has 0 radical (unpaired) electrons. The summed E-state index contributed by atoms with van der Waals surface area (Å²) >= 11 is 0. The molecule has 0 spiro atoms. The number of ether oxygens (including phenoxy) is 1. The van der Waals surface area contributed by atoms with Gasteiger partial charge in [-0.05, 0) is 68.6 Å². The number of hydrogen-bond acceptors (Lipinski definition) is 15. The van der Waals surface area contributed by atoms with Crippen molar-refractivity contribution in [1.82, 2.24) is 47.9 Å². The first kappa shape index (κ1) is 71.1. The lowest BCUT2D eigenvalue weighted by molar-refractivity contribution is -0.158. The van der Waals surface area contributed by atoms with E-state index in [9.17, 15) is 73.2 Å². The van der Waals surface area contributed by atoms with Gasteiger partial charge in [-0.1, -0.05) is 115 Å². The van der Waals surface area contributed by atoms with Gasteiger partial charge in [0.05, 0.1) is 25.7 Å².